The van der Waals surface area contributed by atoms with Crippen molar-refractivity contribution in [1.82, 2.24) is 4.90 Å². The van der Waals surface area contributed by atoms with Gasteiger partial charge in [0.05, 0.1) is 21.6 Å². The lowest BCUT2D eigenvalue weighted by Crippen LogP contribution is -2.28. The van der Waals surface area contributed by atoms with Crippen molar-refractivity contribution >= 4 is 62.3 Å². The first-order valence-corrected chi connectivity index (χ1v) is 12.2. The first kappa shape index (κ1) is 23.2. The predicted molar refractivity (Wildman–Crippen MR) is 140 cm³/mol. The monoisotopic (exact) mass is 569 g/mol. The van der Waals surface area contributed by atoms with Crippen molar-refractivity contribution in [2.24, 2.45) is 0 Å². The van der Waals surface area contributed by atoms with Crippen molar-refractivity contribution in [3.05, 3.63) is 74.2 Å². The molecule has 3 aromatic carbocycles. The molecule has 7 heteroatoms. The molecule has 1 fully saturated rings. The van der Waals surface area contributed by atoms with Gasteiger partial charge < -0.3 is 9.47 Å². The maximum absolute atomic E-state index is 12.5. The second-order valence-electron chi connectivity index (χ2n) is 7.16. The van der Waals surface area contributed by atoms with Crippen molar-refractivity contribution in [3.63, 3.8) is 0 Å². The summed E-state index contributed by atoms with van der Waals surface area (Å²) in [7, 11) is 0. The van der Waals surface area contributed by atoms with Gasteiger partial charge in [-0.1, -0.05) is 48.4 Å². The molecule has 1 heterocycles. The van der Waals surface area contributed by atoms with Gasteiger partial charge in [-0.3, -0.25) is 14.5 Å². The van der Waals surface area contributed by atoms with E-state index < -0.39 is 0 Å². The van der Waals surface area contributed by atoms with Crippen LogP contribution in [0.1, 0.15) is 18.1 Å². The molecule has 1 saturated heterocycles. The van der Waals surface area contributed by atoms with Crippen LogP contribution in [0.3, 0.4) is 0 Å². The number of terminal acetylenes is 1. The van der Waals surface area contributed by atoms with Crippen LogP contribution in [-0.4, -0.2) is 29.2 Å². The summed E-state index contributed by atoms with van der Waals surface area (Å²) in [6.45, 7) is 2.72. The lowest BCUT2D eigenvalue weighted by atomic mass is 10.1. The number of benzene rings is 3. The highest BCUT2D eigenvalue weighted by molar-refractivity contribution is 14.1. The van der Waals surface area contributed by atoms with E-state index in [0.717, 1.165) is 42.1 Å². The minimum absolute atomic E-state index is 0.0370. The smallest absolute Gasteiger partial charge is 0.294 e. The van der Waals surface area contributed by atoms with Crippen molar-refractivity contribution < 1.29 is 19.1 Å². The Hall–Kier alpha value is -2.96. The van der Waals surface area contributed by atoms with Gasteiger partial charge in [0, 0.05) is 0 Å². The van der Waals surface area contributed by atoms with E-state index in [2.05, 4.69) is 52.8 Å². The van der Waals surface area contributed by atoms with Gasteiger partial charge in [-0.15, -0.1) is 6.42 Å². The molecule has 0 aromatic heterocycles. The Morgan fingerprint density at radius 1 is 1.12 bits per heavy atom. The van der Waals surface area contributed by atoms with Crippen LogP contribution in [0.25, 0.3) is 16.8 Å². The molecule has 0 atom stereocenters. The first-order chi connectivity index (χ1) is 16.0. The number of carbonyl (C=O) groups is 2. The van der Waals surface area contributed by atoms with E-state index in [-0.39, 0.29) is 17.7 Å². The Balaban J connectivity index is 1.62. The second kappa shape index (κ2) is 10.3. The van der Waals surface area contributed by atoms with Crippen LogP contribution in [0, 0.1) is 15.9 Å². The average Bonchev–Trinajstić information content (AvgIpc) is 3.06. The van der Waals surface area contributed by atoms with Crippen LogP contribution < -0.4 is 9.47 Å². The molecule has 0 saturated carbocycles. The molecule has 0 spiro atoms. The predicted octanol–water partition coefficient (Wildman–Crippen LogP) is 6.09. The number of imide groups is 1. The molecule has 33 heavy (non-hydrogen) atoms. The Morgan fingerprint density at radius 3 is 2.70 bits per heavy atom. The summed E-state index contributed by atoms with van der Waals surface area (Å²) in [5.74, 6) is 3.18. The standard InChI is InChI=1S/C26H20INO4S/c1-3-12-28-25(29)23(33-26(28)30)15-17-13-21(27)24(22(14-17)31-4-2)32-16-19-10-7-9-18-8-5-6-11-20(18)19/h1,5-11,13-15H,4,12,16H2,2H3/b23-15+. The normalized spacial score (nSPS) is 14.7. The zero-order chi connectivity index (χ0) is 23.4. The summed E-state index contributed by atoms with van der Waals surface area (Å²) >= 11 is 3.08. The SMILES string of the molecule is C#CCN1C(=O)S/C(=C/c2cc(I)c(OCc3cccc4ccccc34)c(OCC)c2)C1=O. The number of carbonyl (C=O) groups excluding carboxylic acids is 2. The largest absolute Gasteiger partial charge is 0.490 e. The second-order valence-corrected chi connectivity index (χ2v) is 9.32. The molecular weight excluding hydrogens is 549 g/mol. The van der Waals surface area contributed by atoms with Crippen molar-refractivity contribution in [2.75, 3.05) is 13.2 Å². The maximum Gasteiger partial charge on any atom is 0.294 e. The van der Waals surface area contributed by atoms with E-state index in [9.17, 15) is 9.59 Å². The van der Waals surface area contributed by atoms with E-state index in [1.165, 1.54) is 0 Å². The quantitative estimate of drug-likeness (QED) is 0.196. The Morgan fingerprint density at radius 2 is 1.91 bits per heavy atom. The van der Waals surface area contributed by atoms with Gasteiger partial charge >= 0.3 is 0 Å². The average molecular weight is 569 g/mol. The third-order valence-corrected chi connectivity index (χ3v) is 6.71. The molecule has 1 aliphatic rings. The van der Waals surface area contributed by atoms with E-state index >= 15 is 0 Å². The van der Waals surface area contributed by atoms with Crippen LogP contribution in [0.15, 0.2) is 59.5 Å². The number of nitrogens with zero attached hydrogens (tertiary/aromatic N) is 1. The number of ether oxygens (including phenoxy) is 2. The van der Waals surface area contributed by atoms with E-state index in [4.69, 9.17) is 15.9 Å². The summed E-state index contributed by atoms with van der Waals surface area (Å²) in [5, 5.41) is 1.94. The highest BCUT2D eigenvalue weighted by Crippen LogP contribution is 2.38. The summed E-state index contributed by atoms with van der Waals surface area (Å²) in [4.78, 5) is 26.0. The molecule has 0 aliphatic carbocycles. The fraction of sp³-hybridized carbons (Fsp3) is 0.154. The molecule has 0 N–H and O–H groups in total. The number of thioether (sulfide) groups is 1. The van der Waals surface area contributed by atoms with Gasteiger partial charge in [-0.05, 0) is 81.4 Å². The van der Waals surface area contributed by atoms with Crippen LogP contribution in [0.4, 0.5) is 4.79 Å². The molecular formula is C26H20INO4S. The molecule has 3 aromatic rings. The minimum Gasteiger partial charge on any atom is -0.490 e. The number of halogens is 1. The van der Waals surface area contributed by atoms with E-state index in [1.807, 2.05) is 37.3 Å². The highest BCUT2D eigenvalue weighted by atomic mass is 127. The molecule has 0 bridgehead atoms. The molecule has 0 radical (unpaired) electrons. The van der Waals surface area contributed by atoms with Crippen LogP contribution in [-0.2, 0) is 11.4 Å². The fourth-order valence-electron chi connectivity index (χ4n) is 3.52. The topological polar surface area (TPSA) is 55.8 Å². The summed E-state index contributed by atoms with van der Waals surface area (Å²) in [6, 6.07) is 18.1. The van der Waals surface area contributed by atoms with Crippen molar-refractivity contribution in [3.8, 4) is 23.8 Å². The van der Waals surface area contributed by atoms with Crippen LogP contribution >= 0.6 is 34.4 Å². The van der Waals surface area contributed by atoms with Crippen molar-refractivity contribution in [1.29, 1.82) is 0 Å². The summed E-state index contributed by atoms with van der Waals surface area (Å²) in [5.41, 5.74) is 1.82. The Bertz CT molecular complexity index is 1310. The molecule has 0 unspecified atom stereocenters. The zero-order valence-electron chi connectivity index (χ0n) is 17.8. The van der Waals surface area contributed by atoms with Gasteiger partial charge in [0.25, 0.3) is 11.1 Å². The maximum atomic E-state index is 12.5. The number of hydrogen-bond acceptors (Lipinski definition) is 5. The fourth-order valence-corrected chi connectivity index (χ4v) is 5.14. The number of fused-ring (bicyclic) bond motifs is 1. The Labute approximate surface area is 210 Å². The molecule has 1 aliphatic heterocycles. The number of hydrogen-bond donors (Lipinski definition) is 0. The lowest BCUT2D eigenvalue weighted by Gasteiger charge is -2.16. The molecule has 5 nitrogen and oxygen atoms in total. The highest BCUT2D eigenvalue weighted by Gasteiger charge is 2.34. The minimum atomic E-state index is -0.382. The Kier molecular flexibility index (Phi) is 7.26. The van der Waals surface area contributed by atoms with Gasteiger partial charge in [-0.25, -0.2) is 0 Å². The van der Waals surface area contributed by atoms with Gasteiger partial charge in [0.1, 0.15) is 6.61 Å². The number of amides is 2. The summed E-state index contributed by atoms with van der Waals surface area (Å²) < 4.78 is 12.9. The van der Waals surface area contributed by atoms with Crippen molar-refractivity contribution in [2.45, 2.75) is 13.5 Å². The third kappa shape index (κ3) is 5.02. The van der Waals surface area contributed by atoms with Crippen LogP contribution in [0.5, 0.6) is 11.5 Å². The number of rotatable bonds is 7. The zero-order valence-corrected chi connectivity index (χ0v) is 20.8. The lowest BCUT2D eigenvalue weighted by molar-refractivity contribution is -0.122. The van der Waals surface area contributed by atoms with Gasteiger partial charge in [-0.2, -0.15) is 0 Å². The van der Waals surface area contributed by atoms with E-state index in [0.29, 0.717) is 29.6 Å². The molecule has 4 rings (SSSR count). The van der Waals surface area contributed by atoms with Gasteiger partial charge in [0.15, 0.2) is 11.5 Å². The van der Waals surface area contributed by atoms with E-state index in [1.54, 1.807) is 6.08 Å². The van der Waals surface area contributed by atoms with Gasteiger partial charge in [0.2, 0.25) is 0 Å². The third-order valence-electron chi connectivity index (χ3n) is 5.00. The molecule has 2 amide bonds. The first-order valence-electron chi connectivity index (χ1n) is 10.3. The van der Waals surface area contributed by atoms with Crippen LogP contribution in [0.2, 0.25) is 0 Å². The summed E-state index contributed by atoms with van der Waals surface area (Å²) in [6.07, 6.45) is 6.95. The molecule has 166 valence electrons.